The maximum atomic E-state index is 12.3. The van der Waals surface area contributed by atoms with E-state index in [9.17, 15) is 9.59 Å². The van der Waals surface area contributed by atoms with Gasteiger partial charge in [-0.2, -0.15) is 0 Å². The molecule has 0 saturated heterocycles. The number of esters is 1. The molecule has 2 aromatic rings. The van der Waals surface area contributed by atoms with E-state index in [1.807, 2.05) is 6.92 Å². The second kappa shape index (κ2) is 8.53. The average molecular weight is 362 g/mol. The minimum absolute atomic E-state index is 0.240. The largest absolute Gasteiger partial charge is 0.479 e. The third kappa shape index (κ3) is 5.22. The van der Waals surface area contributed by atoms with E-state index in [4.69, 9.17) is 21.1 Å². The number of nitrogens with one attached hydrogen (secondary N) is 1. The normalized spacial score (nSPS) is 11.5. The van der Waals surface area contributed by atoms with Crippen LogP contribution in [0.3, 0.4) is 0 Å². The van der Waals surface area contributed by atoms with Crippen LogP contribution in [-0.2, 0) is 9.53 Å². The molecular weight excluding hydrogens is 342 g/mol. The predicted octanol–water partition coefficient (Wildman–Crippen LogP) is 4.23. The van der Waals surface area contributed by atoms with Gasteiger partial charge in [-0.25, -0.2) is 4.79 Å². The molecule has 0 spiro atoms. The van der Waals surface area contributed by atoms with Crippen LogP contribution in [0, 0.1) is 6.92 Å². The number of hydrogen-bond donors (Lipinski definition) is 1. The van der Waals surface area contributed by atoms with Crippen molar-refractivity contribution < 1.29 is 19.1 Å². The van der Waals surface area contributed by atoms with E-state index in [1.165, 1.54) is 0 Å². The first-order chi connectivity index (χ1) is 11.9. The van der Waals surface area contributed by atoms with E-state index in [1.54, 1.807) is 56.3 Å². The van der Waals surface area contributed by atoms with Gasteiger partial charge in [0.2, 0.25) is 0 Å². The summed E-state index contributed by atoms with van der Waals surface area (Å²) in [6, 6.07) is 11.8. The van der Waals surface area contributed by atoms with Crippen molar-refractivity contribution in [2.75, 3.05) is 11.9 Å². The fourth-order valence-corrected chi connectivity index (χ4v) is 2.39. The highest BCUT2D eigenvalue weighted by molar-refractivity contribution is 6.30. The topological polar surface area (TPSA) is 64.6 Å². The van der Waals surface area contributed by atoms with E-state index in [2.05, 4.69) is 5.32 Å². The summed E-state index contributed by atoms with van der Waals surface area (Å²) in [5.74, 6) is -0.183. The Morgan fingerprint density at radius 2 is 1.84 bits per heavy atom. The standard InChI is InChI=1S/C19H20ClNO4/c1-4-24-19(23)13(3)25-16-8-5-14(6-9-16)18(22)21-17-10-7-15(20)11-12(17)2/h5-11,13H,4H2,1-3H3,(H,21,22)/t13-/m1/s1. The van der Waals surface area contributed by atoms with Gasteiger partial charge in [0.1, 0.15) is 5.75 Å². The molecule has 132 valence electrons. The number of carbonyl (C=O) groups is 2. The number of anilines is 1. The summed E-state index contributed by atoms with van der Waals surface area (Å²) in [6.07, 6.45) is -0.712. The first-order valence-corrected chi connectivity index (χ1v) is 8.29. The van der Waals surface area contributed by atoms with Crippen LogP contribution in [0.4, 0.5) is 5.69 Å². The average Bonchev–Trinajstić information content (AvgIpc) is 2.58. The summed E-state index contributed by atoms with van der Waals surface area (Å²) in [5.41, 5.74) is 2.06. The molecule has 0 aliphatic rings. The second-order valence-electron chi connectivity index (χ2n) is 5.45. The number of aryl methyl sites for hydroxylation is 1. The quantitative estimate of drug-likeness (QED) is 0.782. The van der Waals surface area contributed by atoms with Crippen molar-refractivity contribution in [3.8, 4) is 5.75 Å². The van der Waals surface area contributed by atoms with Gasteiger partial charge in [-0.15, -0.1) is 0 Å². The van der Waals surface area contributed by atoms with Crippen LogP contribution in [0.15, 0.2) is 42.5 Å². The zero-order chi connectivity index (χ0) is 18.4. The van der Waals surface area contributed by atoms with Crippen molar-refractivity contribution >= 4 is 29.2 Å². The fraction of sp³-hybridized carbons (Fsp3) is 0.263. The molecule has 0 saturated carbocycles. The Hall–Kier alpha value is -2.53. The highest BCUT2D eigenvalue weighted by Gasteiger charge is 2.16. The zero-order valence-corrected chi connectivity index (χ0v) is 15.1. The Kier molecular flexibility index (Phi) is 6.42. The van der Waals surface area contributed by atoms with Crippen molar-refractivity contribution in [3.05, 3.63) is 58.6 Å². The summed E-state index contributed by atoms with van der Waals surface area (Å²) >= 11 is 5.91. The van der Waals surface area contributed by atoms with Crippen molar-refractivity contribution in [2.24, 2.45) is 0 Å². The van der Waals surface area contributed by atoms with Gasteiger partial charge in [-0.05, 0) is 68.8 Å². The lowest BCUT2D eigenvalue weighted by atomic mass is 10.1. The van der Waals surface area contributed by atoms with E-state index < -0.39 is 12.1 Å². The highest BCUT2D eigenvalue weighted by atomic mass is 35.5. The molecule has 1 atom stereocenters. The molecule has 1 amide bonds. The van der Waals surface area contributed by atoms with Crippen molar-refractivity contribution in [3.63, 3.8) is 0 Å². The highest BCUT2D eigenvalue weighted by Crippen LogP contribution is 2.21. The molecule has 0 aliphatic heterocycles. The Bertz CT molecular complexity index is 759. The van der Waals surface area contributed by atoms with Crippen LogP contribution in [0.25, 0.3) is 0 Å². The maximum Gasteiger partial charge on any atom is 0.347 e. The molecule has 6 heteroatoms. The smallest absolute Gasteiger partial charge is 0.347 e. The zero-order valence-electron chi connectivity index (χ0n) is 14.3. The molecule has 25 heavy (non-hydrogen) atoms. The number of hydrogen-bond acceptors (Lipinski definition) is 4. The van der Waals surface area contributed by atoms with Gasteiger partial charge in [-0.1, -0.05) is 11.6 Å². The van der Waals surface area contributed by atoms with Gasteiger partial charge >= 0.3 is 5.97 Å². The van der Waals surface area contributed by atoms with Gasteiger partial charge in [0.25, 0.3) is 5.91 Å². The van der Waals surface area contributed by atoms with Crippen LogP contribution >= 0.6 is 11.6 Å². The predicted molar refractivity (Wildman–Crippen MR) is 97.3 cm³/mol. The van der Waals surface area contributed by atoms with Crippen molar-refractivity contribution in [1.29, 1.82) is 0 Å². The van der Waals surface area contributed by atoms with Crippen molar-refractivity contribution in [2.45, 2.75) is 26.9 Å². The third-order valence-corrected chi connectivity index (χ3v) is 3.72. The lowest BCUT2D eigenvalue weighted by molar-refractivity contribution is -0.150. The number of ether oxygens (including phenoxy) is 2. The van der Waals surface area contributed by atoms with Crippen LogP contribution in [0.2, 0.25) is 5.02 Å². The fourth-order valence-electron chi connectivity index (χ4n) is 2.16. The van der Waals surface area contributed by atoms with Crippen LogP contribution in [-0.4, -0.2) is 24.6 Å². The molecule has 0 unspecified atom stereocenters. The molecular formula is C19H20ClNO4. The van der Waals surface area contributed by atoms with Crippen LogP contribution < -0.4 is 10.1 Å². The molecule has 2 aromatic carbocycles. The number of amides is 1. The summed E-state index contributed by atoms with van der Waals surface area (Å²) in [6.45, 7) is 5.52. The molecule has 5 nitrogen and oxygen atoms in total. The Morgan fingerprint density at radius 1 is 1.16 bits per heavy atom. The summed E-state index contributed by atoms with van der Waals surface area (Å²) in [4.78, 5) is 23.9. The molecule has 0 fully saturated rings. The van der Waals surface area contributed by atoms with Crippen LogP contribution in [0.1, 0.15) is 29.8 Å². The summed E-state index contributed by atoms with van der Waals surface area (Å²) in [7, 11) is 0. The number of benzene rings is 2. The SMILES string of the molecule is CCOC(=O)[C@@H](C)Oc1ccc(C(=O)Nc2ccc(Cl)cc2C)cc1. The van der Waals surface area contributed by atoms with E-state index in [-0.39, 0.29) is 5.91 Å². The van der Waals surface area contributed by atoms with Gasteiger partial charge in [0, 0.05) is 16.3 Å². The van der Waals surface area contributed by atoms with Gasteiger partial charge < -0.3 is 14.8 Å². The molecule has 0 heterocycles. The molecule has 0 aromatic heterocycles. The monoisotopic (exact) mass is 361 g/mol. The minimum atomic E-state index is -0.712. The van der Waals surface area contributed by atoms with E-state index in [0.29, 0.717) is 28.6 Å². The molecule has 0 bridgehead atoms. The first kappa shape index (κ1) is 18.8. The Labute approximate surface area is 151 Å². The Morgan fingerprint density at radius 3 is 2.44 bits per heavy atom. The number of rotatable bonds is 6. The lowest BCUT2D eigenvalue weighted by Crippen LogP contribution is -2.26. The molecule has 1 N–H and O–H groups in total. The van der Waals surface area contributed by atoms with Crippen molar-refractivity contribution in [1.82, 2.24) is 0 Å². The number of carbonyl (C=O) groups excluding carboxylic acids is 2. The third-order valence-electron chi connectivity index (χ3n) is 3.48. The summed E-state index contributed by atoms with van der Waals surface area (Å²) < 4.78 is 10.4. The number of halogens is 1. The van der Waals surface area contributed by atoms with Gasteiger partial charge in [-0.3, -0.25) is 4.79 Å². The van der Waals surface area contributed by atoms with Crippen LogP contribution in [0.5, 0.6) is 5.75 Å². The second-order valence-corrected chi connectivity index (χ2v) is 5.89. The molecule has 0 aliphatic carbocycles. The van der Waals surface area contributed by atoms with Gasteiger partial charge in [0.05, 0.1) is 6.61 Å². The van der Waals surface area contributed by atoms with E-state index >= 15 is 0 Å². The van der Waals surface area contributed by atoms with E-state index in [0.717, 1.165) is 5.56 Å². The molecule has 0 radical (unpaired) electrons. The first-order valence-electron chi connectivity index (χ1n) is 7.91. The van der Waals surface area contributed by atoms with Gasteiger partial charge in [0.15, 0.2) is 6.10 Å². The minimum Gasteiger partial charge on any atom is -0.479 e. The lowest BCUT2D eigenvalue weighted by Gasteiger charge is -2.13. The molecule has 2 rings (SSSR count). The Balaban J connectivity index is 2.01. The summed E-state index contributed by atoms with van der Waals surface area (Å²) in [5, 5.41) is 3.45. The maximum absolute atomic E-state index is 12.3.